The number of halogens is 2. The molecule has 0 aliphatic heterocycles. The van der Waals surface area contributed by atoms with Crippen LogP contribution in [0.5, 0.6) is 0 Å². The van der Waals surface area contributed by atoms with Crippen LogP contribution in [0.15, 0.2) is 30.9 Å². The highest BCUT2D eigenvalue weighted by Crippen LogP contribution is 2.26. The Kier molecular flexibility index (Phi) is 12.4. The molecule has 0 fully saturated rings. The number of aromatic nitrogens is 3. The third kappa shape index (κ3) is 9.74. The van der Waals surface area contributed by atoms with Crippen LogP contribution in [-0.2, 0) is 12.1 Å². The zero-order valence-electron chi connectivity index (χ0n) is 19.5. The molecule has 2 rings (SSSR count). The fourth-order valence-electron chi connectivity index (χ4n) is 4.07. The van der Waals surface area contributed by atoms with Crippen molar-refractivity contribution in [1.29, 1.82) is 0 Å². The smallest absolute Gasteiger partial charge is 0.137 e. The Labute approximate surface area is 191 Å². The van der Waals surface area contributed by atoms with Gasteiger partial charge in [0.05, 0.1) is 6.54 Å². The van der Waals surface area contributed by atoms with Crippen LogP contribution in [0.2, 0.25) is 0 Å². The first-order valence-electron chi connectivity index (χ1n) is 12.3. The van der Waals surface area contributed by atoms with Gasteiger partial charge in [-0.1, -0.05) is 83.6 Å². The standard InChI is InChI=1S/C25H40F2N4O/c1-2-3-4-5-6-7-8-9-10-11-12-13-16-28-18-25(32,19-31-21-29-20-30-31)23-15-14-22(26)17-24(23)27/h14-15,17,20-21,28,32H,2-13,16,18-19H2,1H3. The number of rotatable bonds is 18. The summed E-state index contributed by atoms with van der Waals surface area (Å²) in [6.07, 6.45) is 18.3. The summed E-state index contributed by atoms with van der Waals surface area (Å²) in [6.45, 7) is 3.16. The van der Waals surface area contributed by atoms with E-state index in [1.165, 1.54) is 87.6 Å². The Hall–Kier alpha value is -1.86. The predicted molar refractivity (Wildman–Crippen MR) is 124 cm³/mol. The van der Waals surface area contributed by atoms with Gasteiger partial charge in [-0.25, -0.2) is 18.4 Å². The lowest BCUT2D eigenvalue weighted by Gasteiger charge is -2.29. The fraction of sp³-hybridized carbons (Fsp3) is 0.680. The van der Waals surface area contributed by atoms with E-state index in [1.54, 1.807) is 0 Å². The number of benzene rings is 1. The van der Waals surface area contributed by atoms with Gasteiger partial charge in [-0.3, -0.25) is 0 Å². The molecular formula is C25H40F2N4O. The fourth-order valence-corrected chi connectivity index (χ4v) is 4.07. The van der Waals surface area contributed by atoms with Gasteiger partial charge < -0.3 is 10.4 Å². The topological polar surface area (TPSA) is 63.0 Å². The summed E-state index contributed by atoms with van der Waals surface area (Å²) in [5.74, 6) is -1.43. The van der Waals surface area contributed by atoms with Crippen molar-refractivity contribution in [3.8, 4) is 0 Å². The van der Waals surface area contributed by atoms with Crippen molar-refractivity contribution in [1.82, 2.24) is 20.1 Å². The summed E-state index contributed by atoms with van der Waals surface area (Å²) in [6, 6.07) is 3.26. The molecule has 0 bridgehead atoms. The largest absolute Gasteiger partial charge is 0.382 e. The van der Waals surface area contributed by atoms with Crippen LogP contribution < -0.4 is 5.32 Å². The lowest BCUT2D eigenvalue weighted by atomic mass is 9.92. The first-order valence-corrected chi connectivity index (χ1v) is 12.3. The minimum absolute atomic E-state index is 0.0288. The van der Waals surface area contributed by atoms with E-state index >= 15 is 0 Å². The van der Waals surface area contributed by atoms with E-state index in [0.29, 0.717) is 0 Å². The third-order valence-electron chi connectivity index (χ3n) is 5.95. The summed E-state index contributed by atoms with van der Waals surface area (Å²) in [5.41, 5.74) is -1.50. The molecule has 1 atom stereocenters. The number of aliphatic hydroxyl groups is 1. The average molecular weight is 451 g/mol. The second kappa shape index (κ2) is 15.1. The summed E-state index contributed by atoms with van der Waals surface area (Å²) in [4.78, 5) is 3.88. The highest BCUT2D eigenvalue weighted by molar-refractivity contribution is 5.25. The van der Waals surface area contributed by atoms with Crippen molar-refractivity contribution in [3.05, 3.63) is 48.1 Å². The molecule has 32 heavy (non-hydrogen) atoms. The zero-order valence-corrected chi connectivity index (χ0v) is 19.5. The second-order valence-corrected chi connectivity index (χ2v) is 8.81. The lowest BCUT2D eigenvalue weighted by Crippen LogP contribution is -2.43. The van der Waals surface area contributed by atoms with E-state index in [0.717, 1.165) is 31.5 Å². The van der Waals surface area contributed by atoms with Crippen LogP contribution in [0.25, 0.3) is 0 Å². The average Bonchev–Trinajstić information content (AvgIpc) is 3.26. The normalized spacial score (nSPS) is 13.4. The molecule has 2 aromatic rings. The molecule has 7 heteroatoms. The molecule has 0 aliphatic carbocycles. The van der Waals surface area contributed by atoms with Crippen molar-refractivity contribution in [2.24, 2.45) is 0 Å². The van der Waals surface area contributed by atoms with Gasteiger partial charge in [-0.2, -0.15) is 5.10 Å². The quantitative estimate of drug-likeness (QED) is 0.285. The van der Waals surface area contributed by atoms with Crippen molar-refractivity contribution in [2.75, 3.05) is 13.1 Å². The van der Waals surface area contributed by atoms with E-state index in [9.17, 15) is 13.9 Å². The molecule has 5 nitrogen and oxygen atoms in total. The predicted octanol–water partition coefficient (Wildman–Crippen LogP) is 5.73. The van der Waals surface area contributed by atoms with Crippen LogP contribution in [0, 0.1) is 11.6 Å². The Bertz CT molecular complexity index is 742. The number of nitrogens with one attached hydrogen (secondary N) is 1. The van der Waals surface area contributed by atoms with Crippen LogP contribution in [0.1, 0.15) is 89.5 Å². The van der Waals surface area contributed by atoms with Gasteiger partial charge in [-0.15, -0.1) is 0 Å². The van der Waals surface area contributed by atoms with Gasteiger partial charge in [-0.05, 0) is 19.0 Å². The van der Waals surface area contributed by atoms with Gasteiger partial charge >= 0.3 is 0 Å². The molecule has 0 aliphatic rings. The molecular weight excluding hydrogens is 410 g/mol. The molecule has 0 radical (unpaired) electrons. The maximum Gasteiger partial charge on any atom is 0.137 e. The minimum Gasteiger partial charge on any atom is -0.382 e. The zero-order chi connectivity index (χ0) is 23.1. The summed E-state index contributed by atoms with van der Waals surface area (Å²) < 4.78 is 29.2. The number of hydrogen-bond donors (Lipinski definition) is 2. The van der Waals surface area contributed by atoms with E-state index in [4.69, 9.17) is 0 Å². The highest BCUT2D eigenvalue weighted by Gasteiger charge is 2.33. The van der Waals surface area contributed by atoms with Crippen molar-refractivity contribution >= 4 is 0 Å². The van der Waals surface area contributed by atoms with E-state index in [-0.39, 0.29) is 18.7 Å². The van der Waals surface area contributed by atoms with Crippen LogP contribution in [0.3, 0.4) is 0 Å². The maximum atomic E-state index is 14.4. The van der Waals surface area contributed by atoms with Crippen LogP contribution in [-0.4, -0.2) is 33.0 Å². The van der Waals surface area contributed by atoms with E-state index < -0.39 is 17.2 Å². The molecule has 0 spiro atoms. The third-order valence-corrected chi connectivity index (χ3v) is 5.95. The Morgan fingerprint density at radius 2 is 1.56 bits per heavy atom. The first kappa shape index (κ1) is 26.4. The van der Waals surface area contributed by atoms with Crippen LogP contribution >= 0.6 is 0 Å². The number of hydrogen-bond acceptors (Lipinski definition) is 4. The lowest BCUT2D eigenvalue weighted by molar-refractivity contribution is 0.0121. The molecule has 1 aromatic heterocycles. The molecule has 2 N–H and O–H groups in total. The first-order chi connectivity index (χ1) is 15.5. The van der Waals surface area contributed by atoms with Gasteiger partial charge in [0, 0.05) is 18.2 Å². The molecule has 0 amide bonds. The number of unbranched alkanes of at least 4 members (excludes halogenated alkanes) is 11. The van der Waals surface area contributed by atoms with Crippen molar-refractivity contribution in [2.45, 2.75) is 96.1 Å². The maximum absolute atomic E-state index is 14.4. The summed E-state index contributed by atoms with van der Waals surface area (Å²) >= 11 is 0. The minimum atomic E-state index is -1.55. The molecule has 0 saturated carbocycles. The number of nitrogens with zero attached hydrogens (tertiary/aromatic N) is 3. The van der Waals surface area contributed by atoms with Crippen LogP contribution in [0.4, 0.5) is 8.78 Å². The second-order valence-electron chi connectivity index (χ2n) is 8.81. The van der Waals surface area contributed by atoms with Gasteiger partial charge in [0.15, 0.2) is 0 Å². The molecule has 0 saturated heterocycles. The van der Waals surface area contributed by atoms with Crippen molar-refractivity contribution in [3.63, 3.8) is 0 Å². The van der Waals surface area contributed by atoms with E-state index in [2.05, 4.69) is 22.3 Å². The monoisotopic (exact) mass is 450 g/mol. The Morgan fingerprint density at radius 3 is 2.12 bits per heavy atom. The highest BCUT2D eigenvalue weighted by atomic mass is 19.1. The van der Waals surface area contributed by atoms with Gasteiger partial charge in [0.2, 0.25) is 0 Å². The van der Waals surface area contributed by atoms with Gasteiger partial charge in [0.25, 0.3) is 0 Å². The molecule has 180 valence electrons. The Morgan fingerprint density at radius 1 is 0.938 bits per heavy atom. The SMILES string of the molecule is CCCCCCCCCCCCCCNCC(O)(Cn1cncn1)c1ccc(F)cc1F. The van der Waals surface area contributed by atoms with E-state index in [1.807, 2.05) is 0 Å². The molecule has 1 unspecified atom stereocenters. The van der Waals surface area contributed by atoms with Gasteiger partial charge in [0.1, 0.15) is 29.9 Å². The molecule has 1 heterocycles. The van der Waals surface area contributed by atoms with Crippen molar-refractivity contribution < 1.29 is 13.9 Å². The summed E-state index contributed by atoms with van der Waals surface area (Å²) in [7, 11) is 0. The Balaban J connectivity index is 1.65. The summed E-state index contributed by atoms with van der Waals surface area (Å²) in [5, 5.41) is 18.5. The molecule has 1 aromatic carbocycles.